The molecule has 124 valence electrons. The lowest BCUT2D eigenvalue weighted by molar-refractivity contribution is -0.141. The van der Waals surface area contributed by atoms with E-state index in [1.807, 2.05) is 13.0 Å². The Balaban J connectivity index is 2.19. The van der Waals surface area contributed by atoms with E-state index in [2.05, 4.69) is 10.2 Å². The second kappa shape index (κ2) is 5.43. The molecule has 0 saturated carbocycles. The SMILES string of the molecule is C[C@@H]1C=C(c2c(C(F)(F)F)nn(-c3ccn(C)n3)c2N)CCC1. The Hall–Kier alpha value is -2.25. The summed E-state index contributed by atoms with van der Waals surface area (Å²) in [5.74, 6) is 0.486. The van der Waals surface area contributed by atoms with Crippen molar-refractivity contribution in [2.24, 2.45) is 13.0 Å². The Kier molecular flexibility index (Phi) is 3.69. The Morgan fingerprint density at radius 2 is 2.04 bits per heavy atom. The van der Waals surface area contributed by atoms with Gasteiger partial charge in [-0.1, -0.05) is 13.0 Å². The lowest BCUT2D eigenvalue weighted by Crippen LogP contribution is -2.11. The smallest absolute Gasteiger partial charge is 0.383 e. The molecule has 1 aliphatic rings. The third-order valence-corrected chi connectivity index (χ3v) is 4.02. The molecule has 0 spiro atoms. The first-order chi connectivity index (χ1) is 10.8. The van der Waals surface area contributed by atoms with E-state index < -0.39 is 11.9 Å². The summed E-state index contributed by atoms with van der Waals surface area (Å²) in [7, 11) is 1.68. The molecule has 2 aromatic rings. The predicted molar refractivity (Wildman–Crippen MR) is 80.7 cm³/mol. The van der Waals surface area contributed by atoms with Crippen molar-refractivity contribution < 1.29 is 13.2 Å². The van der Waals surface area contributed by atoms with Gasteiger partial charge in [-0.3, -0.25) is 4.68 Å². The van der Waals surface area contributed by atoms with Gasteiger partial charge in [0.1, 0.15) is 5.82 Å². The molecule has 0 bridgehead atoms. The molecule has 0 aromatic carbocycles. The second-order valence-corrected chi connectivity index (χ2v) is 5.93. The normalized spacial score (nSPS) is 19.0. The molecule has 0 amide bonds. The first kappa shape index (κ1) is 15.6. The van der Waals surface area contributed by atoms with Gasteiger partial charge in [0.15, 0.2) is 11.5 Å². The summed E-state index contributed by atoms with van der Waals surface area (Å²) in [6.07, 6.45) is 1.33. The third-order valence-electron chi connectivity index (χ3n) is 4.02. The van der Waals surface area contributed by atoms with Crippen LogP contribution in [0.1, 0.15) is 37.4 Å². The molecule has 1 aliphatic carbocycles. The zero-order valence-electron chi connectivity index (χ0n) is 12.9. The Bertz CT molecular complexity index is 754. The summed E-state index contributed by atoms with van der Waals surface area (Å²) in [5.41, 5.74) is 5.70. The van der Waals surface area contributed by atoms with Gasteiger partial charge in [0.2, 0.25) is 0 Å². The van der Waals surface area contributed by atoms with Gasteiger partial charge in [-0.05, 0) is 30.8 Å². The van der Waals surface area contributed by atoms with Crippen LogP contribution in [0.25, 0.3) is 11.4 Å². The molecule has 0 fully saturated rings. The van der Waals surface area contributed by atoms with Crippen LogP contribution >= 0.6 is 0 Å². The lowest BCUT2D eigenvalue weighted by Gasteiger charge is -2.18. The van der Waals surface area contributed by atoms with Crippen molar-refractivity contribution in [2.45, 2.75) is 32.4 Å². The van der Waals surface area contributed by atoms with Gasteiger partial charge >= 0.3 is 6.18 Å². The summed E-state index contributed by atoms with van der Waals surface area (Å²) in [5, 5.41) is 7.80. The fourth-order valence-electron chi connectivity index (χ4n) is 2.97. The summed E-state index contributed by atoms with van der Waals surface area (Å²) in [6, 6.07) is 1.57. The number of anilines is 1. The zero-order chi connectivity index (χ0) is 16.8. The predicted octanol–water partition coefficient (Wildman–Crippen LogP) is 3.41. The largest absolute Gasteiger partial charge is 0.435 e. The number of rotatable bonds is 2. The van der Waals surface area contributed by atoms with Gasteiger partial charge in [-0.25, -0.2) is 0 Å². The van der Waals surface area contributed by atoms with Gasteiger partial charge < -0.3 is 5.73 Å². The van der Waals surface area contributed by atoms with Crippen molar-refractivity contribution in [3.63, 3.8) is 0 Å². The quantitative estimate of drug-likeness (QED) is 0.920. The number of aryl methyl sites for hydroxylation is 1. The average molecular weight is 325 g/mol. The Morgan fingerprint density at radius 3 is 2.61 bits per heavy atom. The molecule has 5 nitrogen and oxygen atoms in total. The second-order valence-electron chi connectivity index (χ2n) is 5.93. The first-order valence-corrected chi connectivity index (χ1v) is 7.44. The maximum absolute atomic E-state index is 13.4. The number of hydrogen-bond acceptors (Lipinski definition) is 3. The third kappa shape index (κ3) is 2.85. The average Bonchev–Trinajstić information content (AvgIpc) is 3.02. The van der Waals surface area contributed by atoms with E-state index in [1.54, 1.807) is 19.3 Å². The van der Waals surface area contributed by atoms with Crippen molar-refractivity contribution in [3.8, 4) is 5.82 Å². The van der Waals surface area contributed by atoms with E-state index in [1.165, 1.54) is 4.68 Å². The minimum atomic E-state index is -4.56. The van der Waals surface area contributed by atoms with Crippen molar-refractivity contribution in [3.05, 3.63) is 29.6 Å². The topological polar surface area (TPSA) is 61.7 Å². The van der Waals surface area contributed by atoms with E-state index in [-0.39, 0.29) is 23.1 Å². The summed E-state index contributed by atoms with van der Waals surface area (Å²) in [6.45, 7) is 1.99. The number of nitrogens with zero attached hydrogens (tertiary/aromatic N) is 4. The highest BCUT2D eigenvalue weighted by molar-refractivity contribution is 5.77. The first-order valence-electron chi connectivity index (χ1n) is 7.44. The molecular weight excluding hydrogens is 307 g/mol. The number of allylic oxidation sites excluding steroid dienone is 2. The Morgan fingerprint density at radius 1 is 1.30 bits per heavy atom. The van der Waals surface area contributed by atoms with Gasteiger partial charge in [0.05, 0.1) is 5.56 Å². The van der Waals surface area contributed by atoms with Crippen LogP contribution in [-0.4, -0.2) is 19.6 Å². The highest BCUT2D eigenvalue weighted by Crippen LogP contribution is 2.41. The van der Waals surface area contributed by atoms with Crippen LogP contribution < -0.4 is 5.73 Å². The van der Waals surface area contributed by atoms with E-state index in [0.29, 0.717) is 12.0 Å². The Labute approximate surface area is 131 Å². The van der Waals surface area contributed by atoms with Crippen LogP contribution in [0.15, 0.2) is 18.3 Å². The molecule has 0 radical (unpaired) electrons. The molecule has 3 rings (SSSR count). The number of alkyl halides is 3. The highest BCUT2D eigenvalue weighted by Gasteiger charge is 2.40. The minimum Gasteiger partial charge on any atom is -0.383 e. The summed E-state index contributed by atoms with van der Waals surface area (Å²) in [4.78, 5) is 0. The zero-order valence-corrected chi connectivity index (χ0v) is 12.9. The maximum Gasteiger partial charge on any atom is 0.435 e. The van der Waals surface area contributed by atoms with E-state index in [0.717, 1.165) is 17.5 Å². The van der Waals surface area contributed by atoms with Crippen LogP contribution in [-0.2, 0) is 13.2 Å². The maximum atomic E-state index is 13.4. The van der Waals surface area contributed by atoms with E-state index >= 15 is 0 Å². The van der Waals surface area contributed by atoms with Crippen LogP contribution in [0.2, 0.25) is 0 Å². The molecule has 2 N–H and O–H groups in total. The number of halogens is 3. The van der Waals surface area contributed by atoms with Crippen molar-refractivity contribution in [1.82, 2.24) is 19.6 Å². The van der Waals surface area contributed by atoms with Crippen molar-refractivity contribution in [1.29, 1.82) is 0 Å². The molecule has 2 heterocycles. The van der Waals surface area contributed by atoms with Gasteiger partial charge in [0.25, 0.3) is 0 Å². The van der Waals surface area contributed by atoms with Crippen LogP contribution in [0.5, 0.6) is 0 Å². The van der Waals surface area contributed by atoms with Crippen LogP contribution in [0, 0.1) is 5.92 Å². The molecule has 2 aromatic heterocycles. The molecular formula is C15H18F3N5. The lowest BCUT2D eigenvalue weighted by atomic mass is 9.88. The molecule has 0 saturated heterocycles. The minimum absolute atomic E-state index is 0.00490. The summed E-state index contributed by atoms with van der Waals surface area (Å²) < 4.78 is 42.9. The van der Waals surface area contributed by atoms with Gasteiger partial charge in [-0.2, -0.15) is 28.1 Å². The fourth-order valence-corrected chi connectivity index (χ4v) is 2.97. The number of nitrogens with two attached hydrogens (primary N) is 1. The van der Waals surface area contributed by atoms with E-state index in [9.17, 15) is 13.2 Å². The molecule has 1 atom stereocenters. The monoisotopic (exact) mass is 325 g/mol. The van der Waals surface area contributed by atoms with Crippen molar-refractivity contribution in [2.75, 3.05) is 5.73 Å². The molecule has 0 unspecified atom stereocenters. The molecule has 23 heavy (non-hydrogen) atoms. The fraction of sp³-hybridized carbons (Fsp3) is 0.467. The van der Waals surface area contributed by atoms with Crippen LogP contribution in [0.3, 0.4) is 0 Å². The number of hydrogen-bond donors (Lipinski definition) is 1. The van der Waals surface area contributed by atoms with Gasteiger partial charge in [-0.15, -0.1) is 0 Å². The van der Waals surface area contributed by atoms with Crippen molar-refractivity contribution >= 4 is 11.4 Å². The molecule has 0 aliphatic heterocycles. The number of nitrogen functional groups attached to an aromatic ring is 1. The standard InChI is InChI=1S/C15H18F3N5/c1-9-4-3-5-10(8-9)12-13(15(16,17)18)21-23(14(12)19)11-6-7-22(2)20-11/h6-9H,3-5,19H2,1-2H3/t9-/m0/s1. The van der Waals surface area contributed by atoms with Gasteiger partial charge in [0, 0.05) is 19.3 Å². The summed E-state index contributed by atoms with van der Waals surface area (Å²) >= 11 is 0. The van der Waals surface area contributed by atoms with E-state index in [4.69, 9.17) is 5.73 Å². The molecule has 8 heteroatoms. The number of aromatic nitrogens is 4. The van der Waals surface area contributed by atoms with Crippen LogP contribution in [0.4, 0.5) is 19.0 Å². The highest BCUT2D eigenvalue weighted by atomic mass is 19.4.